The van der Waals surface area contributed by atoms with Gasteiger partial charge in [0.1, 0.15) is 18.1 Å². The van der Waals surface area contributed by atoms with Crippen molar-refractivity contribution in [3.63, 3.8) is 0 Å². The minimum absolute atomic E-state index is 0.0305. The van der Waals surface area contributed by atoms with E-state index in [1.165, 1.54) is 12.1 Å². The summed E-state index contributed by atoms with van der Waals surface area (Å²) in [6.07, 6.45) is 1.90. The summed E-state index contributed by atoms with van der Waals surface area (Å²) in [7, 11) is -3.65. The molecule has 122 valence electrons. The van der Waals surface area contributed by atoms with Crippen molar-refractivity contribution < 1.29 is 17.9 Å². The Hall–Kier alpha value is -1.02. The maximum Gasteiger partial charge on any atom is 0.242 e. The van der Waals surface area contributed by atoms with Gasteiger partial charge in [-0.3, -0.25) is 0 Å². The van der Waals surface area contributed by atoms with Gasteiger partial charge < -0.3 is 14.8 Å². The van der Waals surface area contributed by atoms with Crippen LogP contribution in [0, 0.1) is 5.92 Å². The van der Waals surface area contributed by atoms with E-state index in [0.717, 1.165) is 25.9 Å². The highest BCUT2D eigenvalue weighted by Crippen LogP contribution is 2.37. The molecule has 22 heavy (non-hydrogen) atoms. The third kappa shape index (κ3) is 3.48. The van der Waals surface area contributed by atoms with Crippen molar-refractivity contribution in [1.82, 2.24) is 10.0 Å². The Labute approximate surface area is 135 Å². The van der Waals surface area contributed by atoms with Crippen molar-refractivity contribution in [2.24, 2.45) is 5.92 Å². The normalized spacial score (nSPS) is 21.0. The maximum atomic E-state index is 12.4. The van der Waals surface area contributed by atoms with Crippen LogP contribution in [0.5, 0.6) is 11.5 Å². The monoisotopic (exact) mass is 346 g/mol. The lowest BCUT2D eigenvalue weighted by atomic mass is 10.1. The molecule has 8 heteroatoms. The Morgan fingerprint density at radius 2 is 2.00 bits per heavy atom. The molecule has 0 spiro atoms. The first kappa shape index (κ1) is 15.9. The maximum absolute atomic E-state index is 12.4. The van der Waals surface area contributed by atoms with Gasteiger partial charge in [0.05, 0.1) is 5.02 Å². The van der Waals surface area contributed by atoms with E-state index in [1.807, 2.05) is 0 Å². The number of sulfonamides is 1. The first-order chi connectivity index (χ1) is 10.6. The smallest absolute Gasteiger partial charge is 0.242 e. The van der Waals surface area contributed by atoms with Gasteiger partial charge >= 0.3 is 0 Å². The lowest BCUT2D eigenvalue weighted by Crippen LogP contribution is -2.27. The van der Waals surface area contributed by atoms with E-state index in [-0.39, 0.29) is 9.92 Å². The first-order valence-corrected chi connectivity index (χ1v) is 9.22. The number of halogens is 1. The van der Waals surface area contributed by atoms with Crippen molar-refractivity contribution in [2.75, 3.05) is 32.8 Å². The van der Waals surface area contributed by atoms with E-state index < -0.39 is 10.0 Å². The van der Waals surface area contributed by atoms with E-state index in [0.29, 0.717) is 37.2 Å². The zero-order valence-corrected chi connectivity index (χ0v) is 13.7. The average molecular weight is 347 g/mol. The second-order valence-corrected chi connectivity index (χ2v) is 7.61. The molecule has 0 radical (unpaired) electrons. The molecule has 1 fully saturated rings. The number of rotatable bonds is 5. The van der Waals surface area contributed by atoms with E-state index in [9.17, 15) is 8.42 Å². The van der Waals surface area contributed by atoms with E-state index in [2.05, 4.69) is 10.0 Å². The second kappa shape index (κ2) is 6.62. The van der Waals surface area contributed by atoms with Gasteiger partial charge in [-0.25, -0.2) is 13.1 Å². The Morgan fingerprint density at radius 3 is 2.68 bits per heavy atom. The van der Waals surface area contributed by atoms with Gasteiger partial charge in [-0.1, -0.05) is 11.6 Å². The molecule has 2 aliphatic heterocycles. The molecule has 0 aliphatic carbocycles. The predicted octanol–water partition coefficient (Wildman–Crippen LogP) is 1.39. The summed E-state index contributed by atoms with van der Waals surface area (Å²) in [4.78, 5) is 0.0305. The van der Waals surface area contributed by atoms with E-state index in [4.69, 9.17) is 21.1 Å². The molecule has 0 amide bonds. The van der Waals surface area contributed by atoms with Crippen LogP contribution < -0.4 is 19.5 Å². The topological polar surface area (TPSA) is 76.7 Å². The summed E-state index contributed by atoms with van der Waals surface area (Å²) in [5, 5.41) is 3.40. The zero-order chi connectivity index (χ0) is 15.6. The van der Waals surface area contributed by atoms with Crippen molar-refractivity contribution in [3.05, 3.63) is 17.2 Å². The highest BCUT2D eigenvalue weighted by atomic mass is 35.5. The Bertz CT molecular complexity index is 644. The summed E-state index contributed by atoms with van der Waals surface area (Å²) >= 11 is 6.09. The summed E-state index contributed by atoms with van der Waals surface area (Å²) in [6, 6.07) is 2.92. The van der Waals surface area contributed by atoms with E-state index >= 15 is 0 Å². The van der Waals surface area contributed by atoms with Crippen LogP contribution in [0.15, 0.2) is 17.0 Å². The molecule has 3 rings (SSSR count). The van der Waals surface area contributed by atoms with Gasteiger partial charge in [0.2, 0.25) is 10.0 Å². The van der Waals surface area contributed by atoms with Gasteiger partial charge in [-0.05, 0) is 31.8 Å². The number of hydrogen-bond acceptors (Lipinski definition) is 5. The molecule has 6 nitrogen and oxygen atoms in total. The summed E-state index contributed by atoms with van der Waals surface area (Å²) in [5.74, 6) is 1.42. The molecule has 1 atom stereocenters. The molecule has 1 aromatic carbocycles. The molecule has 1 saturated heterocycles. The molecule has 2 heterocycles. The van der Waals surface area contributed by atoms with Crippen LogP contribution >= 0.6 is 11.6 Å². The molecule has 0 bridgehead atoms. The highest BCUT2D eigenvalue weighted by Gasteiger charge is 2.23. The summed E-state index contributed by atoms with van der Waals surface area (Å²) in [6.45, 7) is 3.19. The number of fused-ring (bicyclic) bond motifs is 1. The molecule has 2 N–H and O–H groups in total. The highest BCUT2D eigenvalue weighted by molar-refractivity contribution is 7.89. The molecule has 0 aromatic heterocycles. The van der Waals surface area contributed by atoms with Crippen LogP contribution in [0.1, 0.15) is 12.8 Å². The Balaban J connectivity index is 1.70. The van der Waals surface area contributed by atoms with Gasteiger partial charge in [0, 0.05) is 18.7 Å². The second-order valence-electron chi connectivity index (χ2n) is 5.47. The van der Waals surface area contributed by atoms with Crippen LogP contribution in [0.25, 0.3) is 0 Å². The quantitative estimate of drug-likeness (QED) is 0.842. The minimum Gasteiger partial charge on any atom is -0.486 e. The molecular weight excluding hydrogens is 328 g/mol. The third-order valence-electron chi connectivity index (χ3n) is 3.89. The zero-order valence-electron chi connectivity index (χ0n) is 12.1. The molecule has 1 aromatic rings. The molecule has 2 aliphatic rings. The first-order valence-electron chi connectivity index (χ1n) is 7.36. The van der Waals surface area contributed by atoms with Crippen LogP contribution in [-0.4, -0.2) is 41.3 Å². The van der Waals surface area contributed by atoms with Crippen molar-refractivity contribution >= 4 is 21.6 Å². The van der Waals surface area contributed by atoms with Gasteiger partial charge in [0.25, 0.3) is 0 Å². The van der Waals surface area contributed by atoms with Crippen LogP contribution in [0.2, 0.25) is 5.02 Å². The number of hydrogen-bond donors (Lipinski definition) is 2. The number of ether oxygens (including phenoxy) is 2. The lowest BCUT2D eigenvalue weighted by Gasteiger charge is -2.20. The lowest BCUT2D eigenvalue weighted by molar-refractivity contribution is 0.171. The minimum atomic E-state index is -3.65. The third-order valence-corrected chi connectivity index (χ3v) is 5.82. The fraction of sp³-hybridized carbons (Fsp3) is 0.571. The Morgan fingerprint density at radius 1 is 1.27 bits per heavy atom. The van der Waals surface area contributed by atoms with E-state index in [1.54, 1.807) is 0 Å². The van der Waals surface area contributed by atoms with Crippen molar-refractivity contribution in [1.29, 1.82) is 0 Å². The SMILES string of the molecule is O=S(=O)(NCCC1CCNC1)c1cc2c(cc1Cl)OCCO2. The fourth-order valence-corrected chi connectivity index (χ4v) is 4.27. The number of nitrogens with one attached hydrogen (secondary N) is 2. The van der Waals surface area contributed by atoms with Gasteiger partial charge in [-0.2, -0.15) is 0 Å². The molecular formula is C14H19ClN2O4S. The van der Waals surface area contributed by atoms with Crippen LogP contribution in [0.4, 0.5) is 0 Å². The van der Waals surface area contributed by atoms with Crippen molar-refractivity contribution in [2.45, 2.75) is 17.7 Å². The predicted molar refractivity (Wildman–Crippen MR) is 83.2 cm³/mol. The molecule has 0 saturated carbocycles. The summed E-state index contributed by atoms with van der Waals surface area (Å²) in [5.41, 5.74) is 0. The average Bonchev–Trinajstić information content (AvgIpc) is 2.99. The van der Waals surface area contributed by atoms with Crippen LogP contribution in [0.3, 0.4) is 0 Å². The van der Waals surface area contributed by atoms with Gasteiger partial charge in [-0.15, -0.1) is 0 Å². The number of benzene rings is 1. The fourth-order valence-electron chi connectivity index (χ4n) is 2.69. The molecule has 1 unspecified atom stereocenters. The van der Waals surface area contributed by atoms with Crippen LogP contribution in [-0.2, 0) is 10.0 Å². The van der Waals surface area contributed by atoms with Gasteiger partial charge in [0.15, 0.2) is 11.5 Å². The standard InChI is InChI=1S/C14H19ClN2O4S/c15-11-7-12-13(21-6-5-20-12)8-14(11)22(18,19)17-4-2-10-1-3-16-9-10/h7-8,10,16-17H,1-6,9H2. The van der Waals surface area contributed by atoms with Crippen molar-refractivity contribution in [3.8, 4) is 11.5 Å². The summed E-state index contributed by atoms with van der Waals surface area (Å²) < 4.78 is 38.2. The Kier molecular flexibility index (Phi) is 4.77. The largest absolute Gasteiger partial charge is 0.486 e.